The number of hydrogen-bond acceptors (Lipinski definition) is 1. The average molecular weight is 141 g/mol. The van der Waals surface area contributed by atoms with Crippen LogP contribution in [-0.4, -0.2) is 6.54 Å². The predicted molar refractivity (Wildman–Crippen MR) is 44.7 cm³/mol. The van der Waals surface area contributed by atoms with Crippen molar-refractivity contribution in [1.82, 2.24) is 0 Å². The van der Waals surface area contributed by atoms with Gasteiger partial charge in [0.1, 0.15) is 0 Å². The van der Waals surface area contributed by atoms with Crippen molar-refractivity contribution in [3.05, 3.63) is 0 Å². The normalized spacial score (nSPS) is 33.6. The molecule has 0 heterocycles. The van der Waals surface area contributed by atoms with Gasteiger partial charge in [0, 0.05) is 0 Å². The zero-order chi connectivity index (χ0) is 7.56. The van der Waals surface area contributed by atoms with Gasteiger partial charge in [-0.05, 0) is 43.6 Å². The highest BCUT2D eigenvalue weighted by atomic mass is 14.6. The quantitative estimate of drug-likeness (QED) is 0.625. The summed E-state index contributed by atoms with van der Waals surface area (Å²) in [6.07, 6.45) is 4.17. The van der Waals surface area contributed by atoms with Crippen molar-refractivity contribution in [2.45, 2.75) is 33.1 Å². The van der Waals surface area contributed by atoms with Crippen LogP contribution >= 0.6 is 0 Å². The molecule has 1 rings (SSSR count). The van der Waals surface area contributed by atoms with E-state index >= 15 is 0 Å². The van der Waals surface area contributed by atoms with Crippen LogP contribution in [0.5, 0.6) is 0 Å². The molecule has 0 spiro atoms. The largest absolute Gasteiger partial charge is 0.330 e. The summed E-state index contributed by atoms with van der Waals surface area (Å²) >= 11 is 0. The highest BCUT2D eigenvalue weighted by Gasteiger charge is 2.25. The molecule has 0 bridgehead atoms. The van der Waals surface area contributed by atoms with Gasteiger partial charge in [-0.3, -0.25) is 0 Å². The summed E-state index contributed by atoms with van der Waals surface area (Å²) in [5.41, 5.74) is 5.60. The first kappa shape index (κ1) is 8.06. The molecule has 0 radical (unpaired) electrons. The Hall–Kier alpha value is -0.0400. The van der Waals surface area contributed by atoms with Crippen molar-refractivity contribution in [2.24, 2.45) is 23.5 Å². The maximum Gasteiger partial charge on any atom is -0.00488 e. The van der Waals surface area contributed by atoms with Gasteiger partial charge in [0.15, 0.2) is 0 Å². The van der Waals surface area contributed by atoms with Crippen LogP contribution in [0, 0.1) is 17.8 Å². The molecule has 0 aromatic carbocycles. The van der Waals surface area contributed by atoms with Crippen molar-refractivity contribution in [1.29, 1.82) is 0 Å². The van der Waals surface area contributed by atoms with E-state index in [1.807, 2.05) is 0 Å². The maximum atomic E-state index is 5.60. The monoisotopic (exact) mass is 141 g/mol. The molecule has 1 fully saturated rings. The highest BCUT2D eigenvalue weighted by molar-refractivity contribution is 4.77. The smallest absolute Gasteiger partial charge is 0.00488 e. The predicted octanol–water partition coefficient (Wildman–Crippen LogP) is 2.02. The van der Waals surface area contributed by atoms with Crippen molar-refractivity contribution < 1.29 is 0 Å². The summed E-state index contributed by atoms with van der Waals surface area (Å²) in [5.74, 6) is 2.68. The fraction of sp³-hybridized carbons (Fsp3) is 1.00. The first-order valence-electron chi connectivity index (χ1n) is 4.44. The van der Waals surface area contributed by atoms with E-state index in [9.17, 15) is 0 Å². The van der Waals surface area contributed by atoms with E-state index in [1.54, 1.807) is 0 Å². The second-order valence-electron chi connectivity index (χ2n) is 3.92. The Morgan fingerprint density at radius 3 is 2.40 bits per heavy atom. The van der Waals surface area contributed by atoms with Gasteiger partial charge >= 0.3 is 0 Å². The van der Waals surface area contributed by atoms with Gasteiger partial charge in [0.25, 0.3) is 0 Å². The SMILES string of the molecule is CC(C)[C@H]1CCC(CN)C1. The van der Waals surface area contributed by atoms with Crippen LogP contribution in [-0.2, 0) is 0 Å². The third-order valence-electron chi connectivity index (χ3n) is 2.86. The molecule has 0 amide bonds. The van der Waals surface area contributed by atoms with Crippen molar-refractivity contribution in [3.63, 3.8) is 0 Å². The molecule has 1 saturated carbocycles. The Morgan fingerprint density at radius 1 is 1.40 bits per heavy atom. The molecule has 1 unspecified atom stereocenters. The van der Waals surface area contributed by atoms with E-state index in [-0.39, 0.29) is 0 Å². The lowest BCUT2D eigenvalue weighted by atomic mass is 9.93. The van der Waals surface area contributed by atoms with Gasteiger partial charge in [-0.2, -0.15) is 0 Å². The topological polar surface area (TPSA) is 26.0 Å². The Morgan fingerprint density at radius 2 is 2.10 bits per heavy atom. The summed E-state index contributed by atoms with van der Waals surface area (Å²) in [6.45, 7) is 5.55. The lowest BCUT2D eigenvalue weighted by Gasteiger charge is -2.13. The Labute approximate surface area is 64.0 Å². The zero-order valence-electron chi connectivity index (χ0n) is 7.14. The van der Waals surface area contributed by atoms with Crippen molar-refractivity contribution >= 4 is 0 Å². The number of nitrogens with two attached hydrogens (primary N) is 1. The van der Waals surface area contributed by atoms with Gasteiger partial charge in [-0.15, -0.1) is 0 Å². The molecule has 10 heavy (non-hydrogen) atoms. The summed E-state index contributed by atoms with van der Waals surface area (Å²) in [6, 6.07) is 0. The molecule has 60 valence electrons. The van der Waals surface area contributed by atoms with Gasteiger partial charge < -0.3 is 5.73 Å². The lowest BCUT2D eigenvalue weighted by Crippen LogP contribution is -2.12. The summed E-state index contributed by atoms with van der Waals surface area (Å²) in [4.78, 5) is 0. The highest BCUT2D eigenvalue weighted by Crippen LogP contribution is 2.34. The fourth-order valence-electron chi connectivity index (χ4n) is 1.93. The Bertz CT molecular complexity index is 98.9. The third kappa shape index (κ3) is 1.72. The molecule has 0 aliphatic heterocycles. The van der Waals surface area contributed by atoms with Crippen LogP contribution < -0.4 is 5.73 Å². The minimum absolute atomic E-state index is 0.840. The molecule has 1 heteroatoms. The number of rotatable bonds is 2. The first-order chi connectivity index (χ1) is 4.74. The van der Waals surface area contributed by atoms with E-state index in [4.69, 9.17) is 5.73 Å². The van der Waals surface area contributed by atoms with E-state index in [2.05, 4.69) is 13.8 Å². The second kappa shape index (κ2) is 3.38. The molecule has 0 aromatic rings. The van der Waals surface area contributed by atoms with Crippen LogP contribution in [0.2, 0.25) is 0 Å². The van der Waals surface area contributed by atoms with E-state index < -0.39 is 0 Å². The second-order valence-corrected chi connectivity index (χ2v) is 3.92. The van der Waals surface area contributed by atoms with Gasteiger partial charge in [-0.25, -0.2) is 0 Å². The minimum atomic E-state index is 0.840. The first-order valence-corrected chi connectivity index (χ1v) is 4.44. The molecule has 0 saturated heterocycles. The molecule has 1 aliphatic rings. The molecule has 2 atom stereocenters. The standard InChI is InChI=1S/C9H19N/c1-7(2)9-4-3-8(5-9)6-10/h7-9H,3-6,10H2,1-2H3/t8?,9-/m0/s1. The number of hydrogen-bond donors (Lipinski definition) is 1. The van der Waals surface area contributed by atoms with E-state index in [0.717, 1.165) is 24.3 Å². The van der Waals surface area contributed by atoms with Gasteiger partial charge in [0.05, 0.1) is 0 Å². The van der Waals surface area contributed by atoms with Crippen LogP contribution in [0.25, 0.3) is 0 Å². The summed E-state index contributed by atoms with van der Waals surface area (Å²) < 4.78 is 0. The van der Waals surface area contributed by atoms with Crippen molar-refractivity contribution in [2.75, 3.05) is 6.54 Å². The van der Waals surface area contributed by atoms with Gasteiger partial charge in [-0.1, -0.05) is 13.8 Å². The van der Waals surface area contributed by atoms with Gasteiger partial charge in [0.2, 0.25) is 0 Å². The molecule has 1 aliphatic carbocycles. The lowest BCUT2D eigenvalue weighted by molar-refractivity contribution is 0.380. The van der Waals surface area contributed by atoms with Crippen LogP contribution in [0.3, 0.4) is 0 Å². The summed E-state index contributed by atoms with van der Waals surface area (Å²) in [7, 11) is 0. The summed E-state index contributed by atoms with van der Waals surface area (Å²) in [5, 5.41) is 0. The molecule has 0 aromatic heterocycles. The zero-order valence-corrected chi connectivity index (χ0v) is 7.14. The third-order valence-corrected chi connectivity index (χ3v) is 2.86. The molecular weight excluding hydrogens is 122 g/mol. The molecular formula is C9H19N. The average Bonchev–Trinajstić information content (AvgIpc) is 2.34. The molecule has 2 N–H and O–H groups in total. The van der Waals surface area contributed by atoms with Crippen molar-refractivity contribution in [3.8, 4) is 0 Å². The van der Waals surface area contributed by atoms with Crippen LogP contribution in [0.1, 0.15) is 33.1 Å². The van der Waals surface area contributed by atoms with Crippen LogP contribution in [0.15, 0.2) is 0 Å². The minimum Gasteiger partial charge on any atom is -0.330 e. The molecule has 1 nitrogen and oxygen atoms in total. The van der Waals surface area contributed by atoms with E-state index in [0.29, 0.717) is 0 Å². The maximum absolute atomic E-state index is 5.60. The van der Waals surface area contributed by atoms with E-state index in [1.165, 1.54) is 19.3 Å². The van der Waals surface area contributed by atoms with Crippen LogP contribution in [0.4, 0.5) is 0 Å². The Balaban J connectivity index is 2.28. The fourth-order valence-corrected chi connectivity index (χ4v) is 1.93. The Kier molecular flexibility index (Phi) is 2.72.